The molecule has 92 valence electrons. The van der Waals surface area contributed by atoms with Crippen molar-refractivity contribution >= 4 is 27.7 Å². The Hall–Kier alpha value is -0.940. The lowest BCUT2D eigenvalue weighted by Crippen LogP contribution is -2.33. The van der Waals surface area contributed by atoms with Crippen LogP contribution < -0.4 is 5.32 Å². The molecule has 0 bridgehead atoms. The molecule has 1 amide bonds. The molecule has 0 aliphatic carbocycles. The van der Waals surface area contributed by atoms with E-state index in [1.807, 2.05) is 13.0 Å². The molecule has 0 aromatic carbocycles. The van der Waals surface area contributed by atoms with Crippen LogP contribution >= 0.6 is 15.9 Å². The molecule has 4 nitrogen and oxygen atoms in total. The Balaban J connectivity index is 2.02. The van der Waals surface area contributed by atoms with Crippen LogP contribution in [-0.4, -0.2) is 23.6 Å². The highest BCUT2D eigenvalue weighted by molar-refractivity contribution is 9.10. The standard InChI is InChI=1S/C12H15BrN2O2/c1-8-6-9(13)7-14-11(8)15-12(16)10-4-2-3-5-17-10/h6-7,10H,2-5H2,1H3,(H,14,15,16). The lowest BCUT2D eigenvalue weighted by atomic mass is 10.1. The van der Waals surface area contributed by atoms with E-state index in [9.17, 15) is 4.79 Å². The molecule has 1 aliphatic heterocycles. The van der Waals surface area contributed by atoms with E-state index in [1.54, 1.807) is 6.20 Å². The van der Waals surface area contributed by atoms with Crippen LogP contribution in [-0.2, 0) is 9.53 Å². The number of nitrogens with zero attached hydrogens (tertiary/aromatic N) is 1. The second-order valence-corrected chi connectivity index (χ2v) is 5.08. The zero-order chi connectivity index (χ0) is 12.3. The first-order valence-corrected chi connectivity index (χ1v) is 6.51. The Bertz CT molecular complexity index is 417. The predicted molar refractivity (Wildman–Crippen MR) is 68.9 cm³/mol. The molecule has 1 fully saturated rings. The molecule has 1 aromatic rings. The van der Waals surface area contributed by atoms with E-state index in [-0.39, 0.29) is 12.0 Å². The van der Waals surface area contributed by atoms with E-state index in [0.717, 1.165) is 29.3 Å². The van der Waals surface area contributed by atoms with E-state index in [0.29, 0.717) is 12.4 Å². The number of aryl methyl sites for hydroxylation is 1. The molecule has 1 unspecified atom stereocenters. The number of rotatable bonds is 2. The Morgan fingerprint density at radius 3 is 3.06 bits per heavy atom. The number of amides is 1. The number of ether oxygens (including phenoxy) is 1. The fourth-order valence-corrected chi connectivity index (χ4v) is 2.26. The maximum atomic E-state index is 11.9. The number of hydrogen-bond acceptors (Lipinski definition) is 3. The van der Waals surface area contributed by atoms with Gasteiger partial charge in [-0.15, -0.1) is 0 Å². The van der Waals surface area contributed by atoms with Crippen molar-refractivity contribution in [3.63, 3.8) is 0 Å². The largest absolute Gasteiger partial charge is 0.368 e. The van der Waals surface area contributed by atoms with Crippen molar-refractivity contribution in [2.45, 2.75) is 32.3 Å². The third kappa shape index (κ3) is 3.26. The number of aromatic nitrogens is 1. The monoisotopic (exact) mass is 298 g/mol. The minimum absolute atomic E-state index is 0.0948. The smallest absolute Gasteiger partial charge is 0.254 e. The third-order valence-electron chi connectivity index (χ3n) is 2.76. The van der Waals surface area contributed by atoms with E-state index in [1.165, 1.54) is 0 Å². The Labute approximate surface area is 109 Å². The molecule has 1 atom stereocenters. The lowest BCUT2D eigenvalue weighted by Gasteiger charge is -2.21. The first-order chi connectivity index (χ1) is 8.16. The van der Waals surface area contributed by atoms with Crippen LogP contribution in [0, 0.1) is 6.92 Å². The Kier molecular flexibility index (Phi) is 4.12. The topological polar surface area (TPSA) is 51.2 Å². The van der Waals surface area contributed by atoms with Crippen LogP contribution in [0.2, 0.25) is 0 Å². The normalized spacial score (nSPS) is 20.0. The molecule has 1 aliphatic rings. The zero-order valence-electron chi connectivity index (χ0n) is 9.70. The predicted octanol–water partition coefficient (Wildman–Crippen LogP) is 2.66. The Morgan fingerprint density at radius 1 is 1.59 bits per heavy atom. The van der Waals surface area contributed by atoms with E-state index < -0.39 is 0 Å². The van der Waals surface area contributed by atoms with Gasteiger partial charge in [-0.05, 0) is 53.7 Å². The van der Waals surface area contributed by atoms with Gasteiger partial charge in [0.15, 0.2) is 0 Å². The van der Waals surface area contributed by atoms with Crippen molar-refractivity contribution in [1.29, 1.82) is 0 Å². The second kappa shape index (κ2) is 5.60. The van der Waals surface area contributed by atoms with Gasteiger partial charge in [-0.25, -0.2) is 4.98 Å². The van der Waals surface area contributed by atoms with Gasteiger partial charge < -0.3 is 10.1 Å². The van der Waals surface area contributed by atoms with Crippen LogP contribution in [0.15, 0.2) is 16.7 Å². The van der Waals surface area contributed by atoms with Gasteiger partial charge in [0, 0.05) is 17.3 Å². The summed E-state index contributed by atoms with van der Waals surface area (Å²) in [5.41, 5.74) is 0.934. The molecule has 0 radical (unpaired) electrons. The van der Waals surface area contributed by atoms with E-state index in [2.05, 4.69) is 26.2 Å². The first-order valence-electron chi connectivity index (χ1n) is 5.71. The molecule has 2 rings (SSSR count). The van der Waals surface area contributed by atoms with Crippen LogP contribution in [0.3, 0.4) is 0 Å². The highest BCUT2D eigenvalue weighted by atomic mass is 79.9. The SMILES string of the molecule is Cc1cc(Br)cnc1NC(=O)C1CCCCO1. The van der Waals surface area contributed by atoms with Gasteiger partial charge in [-0.1, -0.05) is 0 Å². The quantitative estimate of drug-likeness (QED) is 0.913. The van der Waals surface area contributed by atoms with Crippen molar-refractivity contribution in [2.24, 2.45) is 0 Å². The summed E-state index contributed by atoms with van der Waals surface area (Å²) in [5.74, 6) is 0.509. The summed E-state index contributed by atoms with van der Waals surface area (Å²) in [7, 11) is 0. The number of anilines is 1. The second-order valence-electron chi connectivity index (χ2n) is 4.16. The van der Waals surface area contributed by atoms with Crippen molar-refractivity contribution in [3.8, 4) is 0 Å². The molecular weight excluding hydrogens is 284 g/mol. The van der Waals surface area contributed by atoms with Crippen molar-refractivity contribution in [1.82, 2.24) is 4.98 Å². The highest BCUT2D eigenvalue weighted by Crippen LogP contribution is 2.19. The van der Waals surface area contributed by atoms with Gasteiger partial charge >= 0.3 is 0 Å². The van der Waals surface area contributed by atoms with Gasteiger partial charge in [-0.2, -0.15) is 0 Å². The van der Waals surface area contributed by atoms with Crippen molar-refractivity contribution in [3.05, 3.63) is 22.3 Å². The number of pyridine rings is 1. The van der Waals surface area contributed by atoms with Crippen molar-refractivity contribution in [2.75, 3.05) is 11.9 Å². The van der Waals surface area contributed by atoms with Crippen LogP contribution in [0.4, 0.5) is 5.82 Å². The minimum Gasteiger partial charge on any atom is -0.368 e. The molecule has 1 saturated heterocycles. The van der Waals surface area contributed by atoms with E-state index >= 15 is 0 Å². The van der Waals surface area contributed by atoms with Crippen molar-refractivity contribution < 1.29 is 9.53 Å². The van der Waals surface area contributed by atoms with Crippen LogP contribution in [0.1, 0.15) is 24.8 Å². The fourth-order valence-electron chi connectivity index (χ4n) is 1.82. The number of carbonyl (C=O) groups is 1. The fraction of sp³-hybridized carbons (Fsp3) is 0.500. The molecule has 1 N–H and O–H groups in total. The lowest BCUT2D eigenvalue weighted by molar-refractivity contribution is -0.130. The summed E-state index contributed by atoms with van der Waals surface area (Å²) in [5, 5.41) is 2.81. The zero-order valence-corrected chi connectivity index (χ0v) is 11.3. The molecule has 2 heterocycles. The van der Waals surface area contributed by atoms with Gasteiger partial charge in [0.2, 0.25) is 0 Å². The highest BCUT2D eigenvalue weighted by Gasteiger charge is 2.22. The summed E-state index contributed by atoms with van der Waals surface area (Å²) < 4.78 is 6.33. The third-order valence-corrected chi connectivity index (χ3v) is 3.19. The Morgan fingerprint density at radius 2 is 2.41 bits per heavy atom. The number of hydrogen-bond donors (Lipinski definition) is 1. The van der Waals surface area contributed by atoms with Gasteiger partial charge in [-0.3, -0.25) is 4.79 Å². The minimum atomic E-state index is -0.325. The summed E-state index contributed by atoms with van der Waals surface area (Å²) in [6.45, 7) is 2.58. The molecule has 0 saturated carbocycles. The molecule has 0 spiro atoms. The summed E-state index contributed by atoms with van der Waals surface area (Å²) in [6, 6.07) is 1.92. The average Bonchev–Trinajstić information content (AvgIpc) is 2.34. The summed E-state index contributed by atoms with van der Waals surface area (Å²) in [6.07, 6.45) is 4.23. The average molecular weight is 299 g/mol. The molecule has 17 heavy (non-hydrogen) atoms. The molecule has 5 heteroatoms. The van der Waals surface area contributed by atoms with Crippen LogP contribution in [0.25, 0.3) is 0 Å². The maximum Gasteiger partial charge on any atom is 0.254 e. The number of carbonyl (C=O) groups excluding carboxylic acids is 1. The van der Waals surface area contributed by atoms with Gasteiger partial charge in [0.1, 0.15) is 11.9 Å². The van der Waals surface area contributed by atoms with E-state index in [4.69, 9.17) is 4.74 Å². The maximum absolute atomic E-state index is 11.9. The summed E-state index contributed by atoms with van der Waals surface area (Å²) >= 11 is 3.34. The molecule has 1 aromatic heterocycles. The number of nitrogens with one attached hydrogen (secondary N) is 1. The van der Waals surface area contributed by atoms with Crippen LogP contribution in [0.5, 0.6) is 0 Å². The molecular formula is C12H15BrN2O2. The van der Waals surface area contributed by atoms with Gasteiger partial charge in [0.05, 0.1) is 0 Å². The number of halogens is 1. The summed E-state index contributed by atoms with van der Waals surface area (Å²) in [4.78, 5) is 16.1. The first kappa shape index (κ1) is 12.5. The van der Waals surface area contributed by atoms with Gasteiger partial charge in [0.25, 0.3) is 5.91 Å².